The number of nitrogens with zero attached hydrogens (tertiary/aromatic N) is 1. The molecule has 1 aliphatic carbocycles. The summed E-state index contributed by atoms with van der Waals surface area (Å²) in [5.74, 6) is 2.35. The van der Waals surface area contributed by atoms with Crippen molar-refractivity contribution in [2.45, 2.75) is 25.3 Å². The second-order valence-electron chi connectivity index (χ2n) is 5.74. The van der Waals surface area contributed by atoms with Crippen molar-refractivity contribution in [3.8, 4) is 11.5 Å². The lowest BCUT2D eigenvalue weighted by Gasteiger charge is -2.31. The van der Waals surface area contributed by atoms with Gasteiger partial charge in [0.2, 0.25) is 0 Å². The summed E-state index contributed by atoms with van der Waals surface area (Å²) in [6.45, 7) is 2.02. The van der Waals surface area contributed by atoms with E-state index in [1.807, 2.05) is 18.2 Å². The van der Waals surface area contributed by atoms with Crippen molar-refractivity contribution < 1.29 is 9.47 Å². The molecule has 1 aliphatic rings. The SMILES string of the molecule is COc1ccc(C(N)CN(C)CC2CCC2)cc1OC. The third-order valence-corrected chi connectivity index (χ3v) is 4.14. The average molecular weight is 278 g/mol. The van der Waals surface area contributed by atoms with Gasteiger partial charge in [-0.15, -0.1) is 0 Å². The molecule has 1 fully saturated rings. The molecule has 2 rings (SSSR count). The Balaban J connectivity index is 1.95. The quantitative estimate of drug-likeness (QED) is 0.832. The summed E-state index contributed by atoms with van der Waals surface area (Å²) in [5.41, 5.74) is 7.39. The van der Waals surface area contributed by atoms with Gasteiger partial charge in [0.1, 0.15) is 0 Å². The summed E-state index contributed by atoms with van der Waals surface area (Å²) < 4.78 is 10.6. The molecule has 0 aliphatic heterocycles. The van der Waals surface area contributed by atoms with Gasteiger partial charge in [0, 0.05) is 19.1 Å². The van der Waals surface area contributed by atoms with E-state index in [9.17, 15) is 0 Å². The Kier molecular flexibility index (Phi) is 5.26. The van der Waals surface area contributed by atoms with Gasteiger partial charge in [-0.25, -0.2) is 0 Å². The van der Waals surface area contributed by atoms with E-state index in [0.29, 0.717) is 0 Å². The second kappa shape index (κ2) is 6.95. The molecule has 1 aromatic rings. The highest BCUT2D eigenvalue weighted by atomic mass is 16.5. The van der Waals surface area contributed by atoms with Crippen LogP contribution >= 0.6 is 0 Å². The fraction of sp³-hybridized carbons (Fsp3) is 0.625. The summed E-state index contributed by atoms with van der Waals surface area (Å²) in [4.78, 5) is 2.34. The number of nitrogens with two attached hydrogens (primary N) is 1. The highest BCUT2D eigenvalue weighted by molar-refractivity contribution is 5.43. The standard InChI is InChI=1S/C16H26N2O2/c1-18(10-12-5-4-6-12)11-14(17)13-7-8-15(19-2)16(9-13)20-3/h7-9,12,14H,4-6,10-11,17H2,1-3H3. The molecule has 1 unspecified atom stereocenters. The first-order valence-electron chi connectivity index (χ1n) is 7.30. The molecule has 0 spiro atoms. The van der Waals surface area contributed by atoms with E-state index in [2.05, 4.69) is 11.9 Å². The van der Waals surface area contributed by atoms with Crippen molar-refractivity contribution >= 4 is 0 Å². The lowest BCUT2D eigenvalue weighted by atomic mass is 9.85. The average Bonchev–Trinajstić information content (AvgIpc) is 2.42. The van der Waals surface area contributed by atoms with Crippen LogP contribution in [0.25, 0.3) is 0 Å². The molecule has 0 bridgehead atoms. The monoisotopic (exact) mass is 278 g/mol. The van der Waals surface area contributed by atoms with Gasteiger partial charge in [-0.05, 0) is 43.5 Å². The number of likely N-dealkylation sites (N-methyl/N-ethyl adjacent to an activating group) is 1. The molecule has 1 saturated carbocycles. The molecular formula is C16H26N2O2. The number of hydrogen-bond donors (Lipinski definition) is 1. The maximum Gasteiger partial charge on any atom is 0.161 e. The normalized spacial score (nSPS) is 16.9. The van der Waals surface area contributed by atoms with E-state index in [1.165, 1.54) is 19.3 Å². The lowest BCUT2D eigenvalue weighted by molar-refractivity contribution is 0.198. The van der Waals surface area contributed by atoms with E-state index < -0.39 is 0 Å². The molecule has 0 radical (unpaired) electrons. The van der Waals surface area contributed by atoms with Crippen molar-refractivity contribution in [1.82, 2.24) is 4.90 Å². The zero-order chi connectivity index (χ0) is 14.5. The van der Waals surface area contributed by atoms with Gasteiger partial charge in [0.15, 0.2) is 11.5 Å². The highest BCUT2D eigenvalue weighted by Gasteiger charge is 2.20. The van der Waals surface area contributed by atoms with E-state index in [1.54, 1.807) is 14.2 Å². The summed E-state index contributed by atoms with van der Waals surface area (Å²) in [7, 11) is 5.44. The number of methoxy groups -OCH3 is 2. The predicted molar refractivity (Wildman–Crippen MR) is 81.3 cm³/mol. The van der Waals surface area contributed by atoms with Crippen LogP contribution in [0.15, 0.2) is 18.2 Å². The van der Waals surface area contributed by atoms with Crippen LogP contribution < -0.4 is 15.2 Å². The van der Waals surface area contributed by atoms with Crippen molar-refractivity contribution in [3.63, 3.8) is 0 Å². The van der Waals surface area contributed by atoms with Crippen LogP contribution in [0.2, 0.25) is 0 Å². The summed E-state index contributed by atoms with van der Waals surface area (Å²) in [6, 6.07) is 5.91. The highest BCUT2D eigenvalue weighted by Crippen LogP contribution is 2.30. The molecular weight excluding hydrogens is 252 g/mol. The van der Waals surface area contributed by atoms with Crippen LogP contribution in [-0.2, 0) is 0 Å². The van der Waals surface area contributed by atoms with E-state index in [-0.39, 0.29) is 6.04 Å². The van der Waals surface area contributed by atoms with Gasteiger partial charge in [-0.2, -0.15) is 0 Å². The largest absolute Gasteiger partial charge is 0.493 e. The molecule has 0 amide bonds. The number of rotatable bonds is 7. The van der Waals surface area contributed by atoms with Crippen LogP contribution in [0.1, 0.15) is 30.9 Å². The molecule has 4 heteroatoms. The Hall–Kier alpha value is -1.26. The van der Waals surface area contributed by atoms with Crippen molar-refractivity contribution in [1.29, 1.82) is 0 Å². The molecule has 0 aromatic heterocycles. The molecule has 2 N–H and O–H groups in total. The van der Waals surface area contributed by atoms with Gasteiger partial charge < -0.3 is 20.1 Å². The van der Waals surface area contributed by atoms with Crippen LogP contribution in [-0.4, -0.2) is 39.3 Å². The van der Waals surface area contributed by atoms with Crippen molar-refractivity contribution in [2.75, 3.05) is 34.4 Å². The number of benzene rings is 1. The molecule has 1 aromatic carbocycles. The molecule has 0 heterocycles. The summed E-state index contributed by atoms with van der Waals surface area (Å²) in [6.07, 6.45) is 4.13. The van der Waals surface area contributed by atoms with Crippen LogP contribution in [0.5, 0.6) is 11.5 Å². The van der Waals surface area contributed by atoms with Gasteiger partial charge in [-0.1, -0.05) is 12.5 Å². The smallest absolute Gasteiger partial charge is 0.161 e. The second-order valence-corrected chi connectivity index (χ2v) is 5.74. The molecule has 4 nitrogen and oxygen atoms in total. The first-order chi connectivity index (χ1) is 9.63. The minimum atomic E-state index is -0.000109. The topological polar surface area (TPSA) is 47.7 Å². The van der Waals surface area contributed by atoms with E-state index in [0.717, 1.165) is 36.1 Å². The molecule has 20 heavy (non-hydrogen) atoms. The molecule has 112 valence electrons. The fourth-order valence-corrected chi connectivity index (χ4v) is 2.72. The third kappa shape index (κ3) is 3.64. The van der Waals surface area contributed by atoms with Crippen LogP contribution in [0, 0.1) is 5.92 Å². The van der Waals surface area contributed by atoms with Crippen LogP contribution in [0.3, 0.4) is 0 Å². The van der Waals surface area contributed by atoms with Gasteiger partial charge in [0.05, 0.1) is 14.2 Å². The Morgan fingerprint density at radius 1 is 1.25 bits per heavy atom. The zero-order valence-electron chi connectivity index (χ0n) is 12.8. The maximum atomic E-state index is 6.31. The maximum absolute atomic E-state index is 6.31. The Morgan fingerprint density at radius 3 is 2.50 bits per heavy atom. The minimum absolute atomic E-state index is 0.000109. The molecule has 0 saturated heterocycles. The van der Waals surface area contributed by atoms with E-state index >= 15 is 0 Å². The Labute approximate surface area is 121 Å². The lowest BCUT2D eigenvalue weighted by Crippen LogP contribution is -2.34. The molecule has 1 atom stereocenters. The zero-order valence-corrected chi connectivity index (χ0v) is 12.8. The van der Waals surface area contributed by atoms with Crippen molar-refractivity contribution in [3.05, 3.63) is 23.8 Å². The van der Waals surface area contributed by atoms with E-state index in [4.69, 9.17) is 15.2 Å². The fourth-order valence-electron chi connectivity index (χ4n) is 2.72. The third-order valence-electron chi connectivity index (χ3n) is 4.14. The first kappa shape index (κ1) is 15.1. The van der Waals surface area contributed by atoms with Gasteiger partial charge >= 0.3 is 0 Å². The van der Waals surface area contributed by atoms with Crippen molar-refractivity contribution in [2.24, 2.45) is 11.7 Å². The predicted octanol–water partition coefficient (Wildman–Crippen LogP) is 2.44. The van der Waals surface area contributed by atoms with Crippen LogP contribution in [0.4, 0.5) is 0 Å². The van der Waals surface area contributed by atoms with Gasteiger partial charge in [0.25, 0.3) is 0 Å². The van der Waals surface area contributed by atoms with Gasteiger partial charge in [-0.3, -0.25) is 0 Å². The first-order valence-corrected chi connectivity index (χ1v) is 7.30. The minimum Gasteiger partial charge on any atom is -0.493 e. The Morgan fingerprint density at radius 2 is 1.95 bits per heavy atom. The summed E-state index contributed by atoms with van der Waals surface area (Å²) >= 11 is 0. The summed E-state index contributed by atoms with van der Waals surface area (Å²) in [5, 5.41) is 0. The Bertz CT molecular complexity index is 432. The number of hydrogen-bond acceptors (Lipinski definition) is 4. The number of ether oxygens (including phenoxy) is 2.